The number of amides is 2. The molecule has 8 heteroatoms. The summed E-state index contributed by atoms with van der Waals surface area (Å²) in [6.07, 6.45) is -1.09. The maximum atomic E-state index is 12.1. The summed E-state index contributed by atoms with van der Waals surface area (Å²) < 4.78 is 10.2. The van der Waals surface area contributed by atoms with Crippen molar-refractivity contribution < 1.29 is 29.0 Å². The van der Waals surface area contributed by atoms with Crippen molar-refractivity contribution in [3.05, 3.63) is 102 Å². The topological polar surface area (TPSA) is 119 Å². The van der Waals surface area contributed by atoms with Gasteiger partial charge < -0.3 is 20.3 Å². The minimum absolute atomic E-state index is 0.0987. The lowest BCUT2D eigenvalue weighted by molar-refractivity contribution is -0.138. The summed E-state index contributed by atoms with van der Waals surface area (Å²) in [7, 11) is 0. The van der Waals surface area contributed by atoms with E-state index in [-0.39, 0.29) is 13.2 Å². The summed E-state index contributed by atoms with van der Waals surface area (Å²) >= 11 is 0. The van der Waals surface area contributed by atoms with Gasteiger partial charge in [-0.3, -0.25) is 4.79 Å². The van der Waals surface area contributed by atoms with E-state index in [1.54, 1.807) is 24.3 Å². The number of carbonyl (C=O) groups is 3. The van der Waals surface area contributed by atoms with Gasteiger partial charge in [0.25, 0.3) is 0 Å². The Morgan fingerprint density at radius 2 is 1.52 bits per heavy atom. The number of carboxylic acid groups (broad SMARTS) is 1. The van der Waals surface area contributed by atoms with E-state index >= 15 is 0 Å². The monoisotopic (exact) mass is 448 g/mol. The summed E-state index contributed by atoms with van der Waals surface area (Å²) in [6.45, 7) is 0.239. The average Bonchev–Trinajstić information content (AvgIpc) is 2.82. The number of anilines is 1. The third kappa shape index (κ3) is 6.91. The molecule has 0 unspecified atom stereocenters. The second kappa shape index (κ2) is 11.4. The molecule has 2 aliphatic rings. The van der Waals surface area contributed by atoms with Crippen LogP contribution in [0.25, 0.3) is 0 Å². The molecule has 33 heavy (non-hydrogen) atoms. The highest BCUT2D eigenvalue weighted by molar-refractivity contribution is 6.09. The number of ether oxygens (including phenoxy) is 2. The lowest BCUT2D eigenvalue weighted by Gasteiger charge is -2.22. The van der Waals surface area contributed by atoms with Crippen molar-refractivity contribution in [1.82, 2.24) is 0 Å². The third-order valence-corrected chi connectivity index (χ3v) is 4.74. The van der Waals surface area contributed by atoms with Gasteiger partial charge in [-0.15, -0.1) is 0 Å². The van der Waals surface area contributed by atoms with E-state index in [0.717, 1.165) is 21.6 Å². The molecule has 0 aromatic heterocycles. The zero-order valence-corrected chi connectivity index (χ0v) is 17.8. The summed E-state index contributed by atoms with van der Waals surface area (Å²) in [5.74, 6) is -0.959. The number of rotatable bonds is 5. The van der Waals surface area contributed by atoms with E-state index in [4.69, 9.17) is 20.3 Å². The van der Waals surface area contributed by atoms with Crippen molar-refractivity contribution in [2.24, 2.45) is 5.73 Å². The van der Waals surface area contributed by atoms with Crippen molar-refractivity contribution in [1.29, 1.82) is 0 Å². The van der Waals surface area contributed by atoms with Gasteiger partial charge in [-0.05, 0) is 35.2 Å². The zero-order chi connectivity index (χ0) is 23.6. The molecular formula is C25H24N2O6. The lowest BCUT2D eigenvalue weighted by Crippen LogP contribution is -2.38. The molecule has 5 rings (SSSR count). The molecule has 3 N–H and O–H groups in total. The van der Waals surface area contributed by atoms with E-state index in [0.29, 0.717) is 12.1 Å². The van der Waals surface area contributed by atoms with Crippen LogP contribution in [-0.4, -0.2) is 29.3 Å². The van der Waals surface area contributed by atoms with Crippen LogP contribution >= 0.6 is 0 Å². The SMILES string of the molecule is N[C@@H](Cc1ccccc1)C(=O)O.O=C(OCc1ccccc1)N1C(=O)OCc2ccc1cc2. The molecule has 0 spiro atoms. The van der Waals surface area contributed by atoms with Crippen LogP contribution in [0.4, 0.5) is 15.3 Å². The molecule has 2 aliphatic heterocycles. The third-order valence-electron chi connectivity index (χ3n) is 4.74. The minimum Gasteiger partial charge on any atom is -0.480 e. The highest BCUT2D eigenvalue weighted by Gasteiger charge is 2.28. The van der Waals surface area contributed by atoms with Crippen LogP contribution < -0.4 is 10.6 Å². The van der Waals surface area contributed by atoms with Gasteiger partial charge in [0.05, 0.1) is 5.69 Å². The summed E-state index contributed by atoms with van der Waals surface area (Å²) in [5.41, 5.74) is 8.46. The van der Waals surface area contributed by atoms with Gasteiger partial charge in [0.15, 0.2) is 0 Å². The summed E-state index contributed by atoms with van der Waals surface area (Å²) in [6, 6.07) is 24.8. The van der Waals surface area contributed by atoms with Crippen LogP contribution in [0.1, 0.15) is 16.7 Å². The molecule has 0 radical (unpaired) electrons. The van der Waals surface area contributed by atoms with Crippen LogP contribution in [0.5, 0.6) is 0 Å². The second-order valence-corrected chi connectivity index (χ2v) is 7.23. The Hall–Kier alpha value is -4.17. The van der Waals surface area contributed by atoms with Gasteiger partial charge in [0.1, 0.15) is 19.3 Å². The molecule has 1 atom stereocenters. The van der Waals surface area contributed by atoms with Gasteiger partial charge >= 0.3 is 18.2 Å². The van der Waals surface area contributed by atoms with Crippen LogP contribution in [-0.2, 0) is 33.9 Å². The number of imide groups is 1. The maximum Gasteiger partial charge on any atom is 0.424 e. The molecule has 3 aromatic rings. The fourth-order valence-corrected chi connectivity index (χ4v) is 2.98. The number of fused-ring (bicyclic) bond motifs is 5. The summed E-state index contributed by atoms with van der Waals surface area (Å²) in [4.78, 5) is 35.3. The van der Waals surface area contributed by atoms with Gasteiger partial charge in [0, 0.05) is 0 Å². The van der Waals surface area contributed by atoms with Gasteiger partial charge in [-0.2, -0.15) is 4.90 Å². The highest BCUT2D eigenvalue weighted by Crippen LogP contribution is 2.22. The molecule has 2 amide bonds. The number of benzene rings is 3. The molecule has 0 fully saturated rings. The number of hydrogen-bond donors (Lipinski definition) is 2. The minimum atomic E-state index is -0.959. The molecular weight excluding hydrogens is 424 g/mol. The van der Waals surface area contributed by atoms with E-state index in [9.17, 15) is 14.4 Å². The number of carboxylic acids is 1. The Morgan fingerprint density at radius 3 is 2.09 bits per heavy atom. The smallest absolute Gasteiger partial charge is 0.424 e. The van der Waals surface area contributed by atoms with Crippen LogP contribution in [0, 0.1) is 0 Å². The number of aliphatic carboxylic acids is 1. The van der Waals surface area contributed by atoms with Crippen LogP contribution in [0.2, 0.25) is 0 Å². The number of carbonyl (C=O) groups excluding carboxylic acids is 2. The van der Waals surface area contributed by atoms with Gasteiger partial charge in [-0.1, -0.05) is 72.8 Å². The molecule has 2 bridgehead atoms. The van der Waals surface area contributed by atoms with Crippen molar-refractivity contribution in [3.63, 3.8) is 0 Å². The lowest BCUT2D eigenvalue weighted by atomic mass is 10.1. The molecule has 8 nitrogen and oxygen atoms in total. The predicted molar refractivity (Wildman–Crippen MR) is 121 cm³/mol. The van der Waals surface area contributed by atoms with Crippen molar-refractivity contribution in [3.8, 4) is 0 Å². The normalized spacial score (nSPS) is 13.0. The van der Waals surface area contributed by atoms with E-state index in [1.165, 1.54) is 0 Å². The first-order chi connectivity index (χ1) is 15.9. The Labute approximate surface area is 191 Å². The first kappa shape index (κ1) is 23.5. The highest BCUT2D eigenvalue weighted by atomic mass is 16.6. The average molecular weight is 448 g/mol. The number of nitrogens with zero attached hydrogens (tertiary/aromatic N) is 1. The van der Waals surface area contributed by atoms with Crippen molar-refractivity contribution in [2.75, 3.05) is 4.90 Å². The van der Waals surface area contributed by atoms with Gasteiger partial charge in [0.2, 0.25) is 0 Å². The molecule has 0 aliphatic carbocycles. The van der Waals surface area contributed by atoms with E-state index in [1.807, 2.05) is 60.7 Å². The van der Waals surface area contributed by atoms with Crippen LogP contribution in [0.3, 0.4) is 0 Å². The molecule has 0 saturated carbocycles. The molecule has 2 heterocycles. The number of hydrogen-bond acceptors (Lipinski definition) is 6. The maximum absolute atomic E-state index is 12.1. The fraction of sp³-hybridized carbons (Fsp3) is 0.160. The molecule has 170 valence electrons. The Kier molecular flexibility index (Phi) is 8.15. The van der Waals surface area contributed by atoms with E-state index in [2.05, 4.69) is 0 Å². The second-order valence-electron chi connectivity index (χ2n) is 7.23. The van der Waals surface area contributed by atoms with Crippen molar-refractivity contribution in [2.45, 2.75) is 25.7 Å². The van der Waals surface area contributed by atoms with Crippen molar-refractivity contribution >= 4 is 23.8 Å². The van der Waals surface area contributed by atoms with Gasteiger partial charge in [-0.25, -0.2) is 9.59 Å². The molecule has 3 aromatic carbocycles. The Bertz CT molecular complexity index is 1070. The quantitative estimate of drug-likeness (QED) is 0.602. The van der Waals surface area contributed by atoms with Crippen LogP contribution in [0.15, 0.2) is 84.9 Å². The predicted octanol–water partition coefficient (Wildman–Crippen LogP) is 4.12. The largest absolute Gasteiger partial charge is 0.480 e. The number of nitrogens with two attached hydrogens (primary N) is 1. The first-order valence-corrected chi connectivity index (χ1v) is 10.2. The first-order valence-electron chi connectivity index (χ1n) is 10.2. The fourth-order valence-electron chi connectivity index (χ4n) is 2.98. The molecule has 0 saturated heterocycles. The Morgan fingerprint density at radius 1 is 0.939 bits per heavy atom. The standard InChI is InChI=1S/C16H13NO4.C9H11NO2/c18-15(20-10-12-4-2-1-3-5-12)17-14-8-6-13(7-9-14)11-21-16(17)19;10-8(9(11)12)6-7-4-2-1-3-5-7/h1-9H,10-11H2;1-5,8H,6,10H2,(H,11,12)/t;8-/m.0/s1. The Balaban J connectivity index is 0.000000218. The van der Waals surface area contributed by atoms with E-state index < -0.39 is 24.2 Å². The zero-order valence-electron chi connectivity index (χ0n) is 17.8. The summed E-state index contributed by atoms with van der Waals surface area (Å²) in [5, 5.41) is 8.52.